The maximum absolute atomic E-state index is 12.6. The Morgan fingerprint density at radius 2 is 1.81 bits per heavy atom. The largest absolute Gasteiger partial charge is 0.481 e. The Labute approximate surface area is 156 Å². The van der Waals surface area contributed by atoms with Crippen molar-refractivity contribution in [2.75, 3.05) is 18.0 Å². The predicted octanol–water partition coefficient (Wildman–Crippen LogP) is 3.37. The minimum absolute atomic E-state index is 0.102. The second kappa shape index (κ2) is 7.57. The summed E-state index contributed by atoms with van der Waals surface area (Å²) in [4.78, 5) is 36.8. The molecular formula is C20H20N2O5. The molecule has 0 bridgehead atoms. The molecule has 7 nitrogen and oxygen atoms in total. The molecule has 0 radical (unpaired) electrons. The van der Waals surface area contributed by atoms with Crippen LogP contribution in [0.2, 0.25) is 0 Å². The molecule has 0 amide bonds. The number of hydrogen-bond donors (Lipinski definition) is 1. The van der Waals surface area contributed by atoms with E-state index in [2.05, 4.69) is 0 Å². The van der Waals surface area contributed by atoms with Crippen LogP contribution >= 0.6 is 0 Å². The van der Waals surface area contributed by atoms with Crippen molar-refractivity contribution in [1.29, 1.82) is 0 Å². The number of anilines is 1. The van der Waals surface area contributed by atoms with Crippen LogP contribution in [0, 0.1) is 22.0 Å². The van der Waals surface area contributed by atoms with Crippen molar-refractivity contribution in [3.63, 3.8) is 0 Å². The van der Waals surface area contributed by atoms with Gasteiger partial charge < -0.3 is 10.0 Å². The number of rotatable bonds is 5. The molecule has 1 fully saturated rings. The highest BCUT2D eigenvalue weighted by atomic mass is 16.6. The Kier molecular flexibility index (Phi) is 5.21. The third-order valence-electron chi connectivity index (χ3n) is 4.82. The monoisotopic (exact) mass is 368 g/mol. The number of carboxylic acid groups (broad SMARTS) is 1. The summed E-state index contributed by atoms with van der Waals surface area (Å²) in [5.74, 6) is -1.66. The predicted molar refractivity (Wildman–Crippen MR) is 100 cm³/mol. The van der Waals surface area contributed by atoms with Gasteiger partial charge in [0.25, 0.3) is 5.69 Å². The van der Waals surface area contributed by atoms with Gasteiger partial charge in [0.15, 0.2) is 5.78 Å². The van der Waals surface area contributed by atoms with Crippen LogP contribution in [0.3, 0.4) is 0 Å². The minimum Gasteiger partial charge on any atom is -0.481 e. The molecule has 140 valence electrons. The van der Waals surface area contributed by atoms with Crippen LogP contribution in [0.15, 0.2) is 48.5 Å². The van der Waals surface area contributed by atoms with E-state index < -0.39 is 16.8 Å². The molecule has 1 saturated heterocycles. The van der Waals surface area contributed by atoms with Gasteiger partial charge in [0.2, 0.25) is 0 Å². The summed E-state index contributed by atoms with van der Waals surface area (Å²) in [6, 6.07) is 13.0. The fourth-order valence-corrected chi connectivity index (χ4v) is 3.56. The molecule has 1 heterocycles. The number of nitrogens with zero attached hydrogens (tertiary/aromatic N) is 2. The van der Waals surface area contributed by atoms with Gasteiger partial charge in [0.1, 0.15) is 5.69 Å². The number of aliphatic carboxylic acids is 1. The lowest BCUT2D eigenvalue weighted by atomic mass is 9.90. The Morgan fingerprint density at radius 3 is 2.44 bits per heavy atom. The van der Waals surface area contributed by atoms with E-state index in [1.165, 1.54) is 6.07 Å². The lowest BCUT2D eigenvalue weighted by molar-refractivity contribution is -0.384. The van der Waals surface area contributed by atoms with Crippen LogP contribution < -0.4 is 4.90 Å². The van der Waals surface area contributed by atoms with Crippen molar-refractivity contribution in [3.05, 3.63) is 69.8 Å². The van der Waals surface area contributed by atoms with E-state index in [1.54, 1.807) is 47.4 Å². The van der Waals surface area contributed by atoms with Gasteiger partial charge in [-0.15, -0.1) is 0 Å². The fourth-order valence-electron chi connectivity index (χ4n) is 3.56. The Hall–Kier alpha value is -3.22. The van der Waals surface area contributed by atoms with E-state index in [4.69, 9.17) is 0 Å². The first kappa shape index (κ1) is 18.6. The smallest absolute Gasteiger partial charge is 0.308 e. The second-order valence-electron chi connectivity index (χ2n) is 6.94. The lowest BCUT2D eigenvalue weighted by Gasteiger charge is -2.35. The maximum atomic E-state index is 12.6. The van der Waals surface area contributed by atoms with Crippen LogP contribution in [0.25, 0.3) is 0 Å². The van der Waals surface area contributed by atoms with Gasteiger partial charge in [-0.1, -0.05) is 37.3 Å². The van der Waals surface area contributed by atoms with Crippen molar-refractivity contribution in [1.82, 2.24) is 0 Å². The van der Waals surface area contributed by atoms with Gasteiger partial charge in [0, 0.05) is 30.3 Å². The first-order valence-electron chi connectivity index (χ1n) is 8.72. The van der Waals surface area contributed by atoms with Crippen LogP contribution in [-0.4, -0.2) is 34.9 Å². The number of benzene rings is 2. The number of ketones is 1. The molecule has 2 atom stereocenters. The van der Waals surface area contributed by atoms with Crippen molar-refractivity contribution in [2.45, 2.75) is 13.3 Å². The standard InChI is InChI=1S/C20H20N2O5/c1-13-9-16(20(24)25)12-21(11-13)17-8-7-15(10-18(17)22(26)27)19(23)14-5-3-2-4-6-14/h2-8,10,13,16H,9,11-12H2,1H3,(H,24,25). The van der Waals surface area contributed by atoms with Crippen LogP contribution in [0.1, 0.15) is 29.3 Å². The zero-order valence-corrected chi connectivity index (χ0v) is 14.9. The summed E-state index contributed by atoms with van der Waals surface area (Å²) in [5.41, 5.74) is 0.853. The molecule has 0 aromatic heterocycles. The lowest BCUT2D eigenvalue weighted by Crippen LogP contribution is -2.42. The zero-order valence-electron chi connectivity index (χ0n) is 14.9. The van der Waals surface area contributed by atoms with E-state index >= 15 is 0 Å². The van der Waals surface area contributed by atoms with Crippen molar-refractivity contribution >= 4 is 23.1 Å². The fraction of sp³-hybridized carbons (Fsp3) is 0.300. The number of hydrogen-bond acceptors (Lipinski definition) is 5. The number of carbonyl (C=O) groups excluding carboxylic acids is 1. The normalized spacial score (nSPS) is 19.5. The van der Waals surface area contributed by atoms with E-state index in [-0.39, 0.29) is 29.5 Å². The summed E-state index contributed by atoms with van der Waals surface area (Å²) in [6.45, 7) is 2.68. The molecule has 7 heteroatoms. The SMILES string of the molecule is CC1CC(C(=O)O)CN(c2ccc(C(=O)c3ccccc3)cc2[N+](=O)[O-])C1. The quantitative estimate of drug-likeness (QED) is 0.493. The first-order chi connectivity index (χ1) is 12.9. The van der Waals surface area contributed by atoms with Crippen molar-refractivity contribution in [3.8, 4) is 0 Å². The molecule has 27 heavy (non-hydrogen) atoms. The number of piperidine rings is 1. The molecule has 0 aliphatic carbocycles. The summed E-state index contributed by atoms with van der Waals surface area (Å²) in [7, 11) is 0. The Bertz CT molecular complexity index is 881. The van der Waals surface area contributed by atoms with Gasteiger partial charge in [-0.05, 0) is 24.5 Å². The topological polar surface area (TPSA) is 101 Å². The summed E-state index contributed by atoms with van der Waals surface area (Å²) >= 11 is 0. The van der Waals surface area contributed by atoms with Crippen molar-refractivity contribution < 1.29 is 19.6 Å². The third-order valence-corrected chi connectivity index (χ3v) is 4.82. The van der Waals surface area contributed by atoms with Gasteiger partial charge in [0.05, 0.1) is 10.8 Å². The number of nitro benzene ring substituents is 1. The van der Waals surface area contributed by atoms with E-state index in [0.29, 0.717) is 24.2 Å². The molecular weight excluding hydrogens is 348 g/mol. The van der Waals surface area contributed by atoms with E-state index in [0.717, 1.165) is 0 Å². The van der Waals surface area contributed by atoms with Gasteiger partial charge in [-0.2, -0.15) is 0 Å². The molecule has 1 aliphatic rings. The average molecular weight is 368 g/mol. The minimum atomic E-state index is -0.898. The summed E-state index contributed by atoms with van der Waals surface area (Å²) in [5, 5.41) is 21.0. The van der Waals surface area contributed by atoms with Gasteiger partial charge in [-0.3, -0.25) is 19.7 Å². The van der Waals surface area contributed by atoms with Crippen molar-refractivity contribution in [2.24, 2.45) is 11.8 Å². The summed E-state index contributed by atoms with van der Waals surface area (Å²) in [6.07, 6.45) is 0.546. The first-order valence-corrected chi connectivity index (χ1v) is 8.72. The van der Waals surface area contributed by atoms with Gasteiger partial charge in [-0.25, -0.2) is 0 Å². The molecule has 1 aliphatic heterocycles. The molecule has 3 rings (SSSR count). The van der Waals surface area contributed by atoms with E-state index in [1.807, 2.05) is 6.92 Å². The third kappa shape index (κ3) is 3.97. The maximum Gasteiger partial charge on any atom is 0.308 e. The summed E-state index contributed by atoms with van der Waals surface area (Å²) < 4.78 is 0. The number of nitro groups is 1. The highest BCUT2D eigenvalue weighted by Crippen LogP contribution is 2.34. The molecule has 0 saturated carbocycles. The molecule has 0 spiro atoms. The number of carboxylic acids is 1. The number of carbonyl (C=O) groups is 2. The Morgan fingerprint density at radius 1 is 1.11 bits per heavy atom. The molecule has 2 aromatic rings. The molecule has 2 aromatic carbocycles. The Balaban J connectivity index is 1.96. The van der Waals surface area contributed by atoms with Crippen LogP contribution in [0.4, 0.5) is 11.4 Å². The molecule has 1 N–H and O–H groups in total. The highest BCUT2D eigenvalue weighted by Gasteiger charge is 2.32. The molecule has 2 unspecified atom stereocenters. The average Bonchev–Trinajstić information content (AvgIpc) is 2.67. The highest BCUT2D eigenvalue weighted by molar-refractivity contribution is 6.09. The van der Waals surface area contributed by atoms with Crippen LogP contribution in [0.5, 0.6) is 0 Å². The zero-order chi connectivity index (χ0) is 19.6. The van der Waals surface area contributed by atoms with E-state index in [9.17, 15) is 24.8 Å². The van der Waals surface area contributed by atoms with Gasteiger partial charge >= 0.3 is 5.97 Å². The van der Waals surface area contributed by atoms with Crippen LogP contribution in [-0.2, 0) is 4.79 Å². The second-order valence-corrected chi connectivity index (χ2v) is 6.94.